The molecule has 0 bridgehead atoms. The van der Waals surface area contributed by atoms with Crippen molar-refractivity contribution in [1.29, 1.82) is 0 Å². The van der Waals surface area contributed by atoms with Crippen LogP contribution in [0.5, 0.6) is 0 Å². The monoisotopic (exact) mass is 295 g/mol. The van der Waals surface area contributed by atoms with Crippen LogP contribution in [-0.2, 0) is 15.1 Å². The molecule has 1 saturated heterocycles. The molecular formula is C16H22ClNO2. The van der Waals surface area contributed by atoms with Gasteiger partial charge in [-0.1, -0.05) is 37.3 Å². The number of hydrogen-bond acceptors (Lipinski definition) is 3. The van der Waals surface area contributed by atoms with E-state index in [9.17, 15) is 4.79 Å². The third kappa shape index (κ3) is 2.70. The summed E-state index contributed by atoms with van der Waals surface area (Å²) in [5.74, 6) is -0.249. The summed E-state index contributed by atoms with van der Waals surface area (Å²) in [5.41, 5.74) is 0.491. The van der Waals surface area contributed by atoms with Gasteiger partial charge in [-0.05, 0) is 19.5 Å². The highest BCUT2D eigenvalue weighted by atomic mass is 35.5. The lowest BCUT2D eigenvalue weighted by molar-refractivity contribution is -0.176. The van der Waals surface area contributed by atoms with Crippen LogP contribution in [0.25, 0.3) is 0 Å². The van der Waals surface area contributed by atoms with E-state index in [0.717, 1.165) is 18.5 Å². The number of halogens is 1. The highest BCUT2D eigenvalue weighted by Crippen LogP contribution is 2.43. The maximum atomic E-state index is 11.8. The minimum Gasteiger partial charge on any atom is -0.453 e. The van der Waals surface area contributed by atoms with Crippen molar-refractivity contribution in [3.8, 4) is 0 Å². The normalized spacial score (nSPS) is 31.0. The average Bonchev–Trinajstić information content (AvgIpc) is 2.49. The summed E-state index contributed by atoms with van der Waals surface area (Å²) in [6.45, 7) is 5.22. The van der Waals surface area contributed by atoms with Crippen LogP contribution in [0, 0.1) is 5.92 Å². The fraction of sp³-hybridized carbons (Fsp3) is 0.562. The number of carbonyl (C=O) groups is 1. The number of benzene rings is 1. The summed E-state index contributed by atoms with van der Waals surface area (Å²) < 4.78 is 5.85. The van der Waals surface area contributed by atoms with E-state index in [1.807, 2.05) is 30.3 Å². The Kier molecular flexibility index (Phi) is 4.71. The summed E-state index contributed by atoms with van der Waals surface area (Å²) in [7, 11) is 2.11. The molecule has 0 amide bonds. The van der Waals surface area contributed by atoms with Crippen LogP contribution in [0.1, 0.15) is 25.8 Å². The topological polar surface area (TPSA) is 29.5 Å². The Bertz CT molecular complexity index is 465. The average molecular weight is 296 g/mol. The first-order valence-electron chi connectivity index (χ1n) is 7.05. The third-order valence-corrected chi connectivity index (χ3v) is 4.88. The lowest BCUT2D eigenvalue weighted by Gasteiger charge is -2.49. The van der Waals surface area contributed by atoms with E-state index in [1.54, 1.807) is 0 Å². The standard InChI is InChI=1S/C16H22ClNO2/c1-12-13(2)18(3)10-9-16(12,20-15(19)11-17)14-7-5-4-6-8-14/h4-8,12-13H,9-11H2,1-3H3/t12-,13+,16-/m1/s1. The maximum absolute atomic E-state index is 11.8. The zero-order chi connectivity index (χ0) is 14.8. The third-order valence-electron chi connectivity index (χ3n) is 4.66. The number of alkyl halides is 1. The van der Waals surface area contributed by atoms with Gasteiger partial charge in [0, 0.05) is 24.9 Å². The number of likely N-dealkylation sites (tertiary alicyclic amines) is 1. The lowest BCUT2D eigenvalue weighted by Crippen LogP contribution is -2.54. The van der Waals surface area contributed by atoms with Crippen molar-refractivity contribution in [3.05, 3.63) is 35.9 Å². The van der Waals surface area contributed by atoms with Crippen molar-refractivity contribution in [2.45, 2.75) is 31.9 Å². The zero-order valence-corrected chi connectivity index (χ0v) is 13.1. The van der Waals surface area contributed by atoms with Crippen LogP contribution in [-0.4, -0.2) is 36.4 Å². The van der Waals surface area contributed by atoms with Gasteiger partial charge in [0.05, 0.1) is 0 Å². The van der Waals surface area contributed by atoms with Gasteiger partial charge in [-0.3, -0.25) is 4.79 Å². The Morgan fingerprint density at radius 3 is 2.65 bits per heavy atom. The minimum atomic E-state index is -0.570. The quantitative estimate of drug-likeness (QED) is 0.634. The maximum Gasteiger partial charge on any atom is 0.321 e. The lowest BCUT2D eigenvalue weighted by atomic mass is 9.73. The molecule has 1 aromatic rings. The number of nitrogens with zero attached hydrogens (tertiary/aromatic N) is 1. The summed E-state index contributed by atoms with van der Waals surface area (Å²) in [5, 5.41) is 0. The van der Waals surface area contributed by atoms with Gasteiger partial charge < -0.3 is 9.64 Å². The molecule has 0 unspecified atom stereocenters. The van der Waals surface area contributed by atoms with Crippen molar-refractivity contribution in [2.24, 2.45) is 5.92 Å². The van der Waals surface area contributed by atoms with E-state index < -0.39 is 5.60 Å². The molecule has 4 heteroatoms. The molecule has 1 aliphatic rings. The molecule has 0 aromatic heterocycles. The smallest absolute Gasteiger partial charge is 0.321 e. The van der Waals surface area contributed by atoms with Crippen molar-refractivity contribution in [3.63, 3.8) is 0 Å². The minimum absolute atomic E-state index is 0.106. The highest BCUT2D eigenvalue weighted by molar-refractivity contribution is 6.26. The van der Waals surface area contributed by atoms with Gasteiger partial charge in [-0.15, -0.1) is 11.6 Å². The van der Waals surface area contributed by atoms with E-state index in [4.69, 9.17) is 16.3 Å². The van der Waals surface area contributed by atoms with Crippen LogP contribution >= 0.6 is 11.6 Å². The molecule has 0 aliphatic carbocycles. The first-order chi connectivity index (χ1) is 9.51. The first kappa shape index (κ1) is 15.3. The number of piperidine rings is 1. The second-order valence-corrected chi connectivity index (χ2v) is 5.89. The van der Waals surface area contributed by atoms with Gasteiger partial charge in [0.25, 0.3) is 0 Å². The van der Waals surface area contributed by atoms with Crippen molar-refractivity contribution in [2.75, 3.05) is 19.5 Å². The largest absolute Gasteiger partial charge is 0.453 e. The van der Waals surface area contributed by atoms with Gasteiger partial charge in [0.15, 0.2) is 0 Å². The molecule has 110 valence electrons. The summed E-state index contributed by atoms with van der Waals surface area (Å²) in [4.78, 5) is 14.1. The fourth-order valence-electron chi connectivity index (χ4n) is 3.11. The predicted molar refractivity (Wildman–Crippen MR) is 80.8 cm³/mol. The molecule has 3 atom stereocenters. The predicted octanol–water partition coefficient (Wildman–Crippen LogP) is 3.02. The van der Waals surface area contributed by atoms with Crippen LogP contribution in [0.3, 0.4) is 0 Å². The van der Waals surface area contributed by atoms with E-state index >= 15 is 0 Å². The number of esters is 1. The van der Waals surface area contributed by atoms with Gasteiger partial charge in [0.2, 0.25) is 0 Å². The molecule has 1 aliphatic heterocycles. The van der Waals surface area contributed by atoms with Crippen LogP contribution < -0.4 is 0 Å². The number of ether oxygens (including phenoxy) is 1. The molecule has 0 spiro atoms. The Labute approximate surface area is 125 Å². The van der Waals surface area contributed by atoms with Gasteiger partial charge in [-0.25, -0.2) is 0 Å². The molecule has 0 saturated carbocycles. The van der Waals surface area contributed by atoms with Crippen LogP contribution in [0.15, 0.2) is 30.3 Å². The Balaban J connectivity index is 2.42. The highest BCUT2D eigenvalue weighted by Gasteiger charge is 2.47. The molecule has 1 fully saturated rings. The SMILES string of the molecule is C[C@@H]1[C@H](C)N(C)CC[C@]1(OC(=O)CCl)c1ccccc1. The molecule has 20 heavy (non-hydrogen) atoms. The van der Waals surface area contributed by atoms with Crippen molar-refractivity contribution in [1.82, 2.24) is 4.90 Å². The Morgan fingerprint density at radius 2 is 2.05 bits per heavy atom. The fourth-order valence-corrected chi connectivity index (χ4v) is 3.16. The van der Waals surface area contributed by atoms with Crippen LogP contribution in [0.2, 0.25) is 0 Å². The zero-order valence-electron chi connectivity index (χ0n) is 12.3. The van der Waals surface area contributed by atoms with Gasteiger partial charge in [0.1, 0.15) is 11.5 Å². The molecular weight excluding hydrogens is 274 g/mol. The molecule has 0 N–H and O–H groups in total. The summed E-state index contributed by atoms with van der Waals surface area (Å²) >= 11 is 5.65. The van der Waals surface area contributed by atoms with Crippen molar-refractivity contribution >= 4 is 17.6 Å². The number of rotatable bonds is 3. The Morgan fingerprint density at radius 1 is 1.40 bits per heavy atom. The van der Waals surface area contributed by atoms with E-state index in [1.165, 1.54) is 0 Å². The molecule has 2 rings (SSSR count). The number of carbonyl (C=O) groups excluding carboxylic acids is 1. The first-order valence-corrected chi connectivity index (χ1v) is 7.58. The van der Waals surface area contributed by atoms with Crippen molar-refractivity contribution < 1.29 is 9.53 Å². The van der Waals surface area contributed by atoms with Crippen LogP contribution in [0.4, 0.5) is 0 Å². The van der Waals surface area contributed by atoms with E-state index in [0.29, 0.717) is 6.04 Å². The second kappa shape index (κ2) is 6.15. The summed E-state index contributed by atoms with van der Waals surface area (Å²) in [6.07, 6.45) is 0.793. The van der Waals surface area contributed by atoms with Gasteiger partial charge >= 0.3 is 5.97 Å². The summed E-state index contributed by atoms with van der Waals surface area (Å²) in [6, 6.07) is 10.4. The molecule has 3 nitrogen and oxygen atoms in total. The number of hydrogen-bond donors (Lipinski definition) is 0. The van der Waals surface area contributed by atoms with Gasteiger partial charge in [-0.2, -0.15) is 0 Å². The molecule has 1 heterocycles. The van der Waals surface area contributed by atoms with E-state index in [-0.39, 0.29) is 17.8 Å². The molecule has 1 aromatic carbocycles. The Hall–Kier alpha value is -1.06. The van der Waals surface area contributed by atoms with E-state index in [2.05, 4.69) is 25.8 Å². The molecule has 0 radical (unpaired) electrons. The second-order valence-electron chi connectivity index (χ2n) is 5.62.